The van der Waals surface area contributed by atoms with Crippen LogP contribution in [0.4, 0.5) is 24.8 Å². The summed E-state index contributed by atoms with van der Waals surface area (Å²) in [6.45, 7) is 1.89. The van der Waals surface area contributed by atoms with Gasteiger partial charge in [0.15, 0.2) is 0 Å². The highest BCUT2D eigenvalue weighted by Gasteiger charge is 2.30. The normalized spacial score (nSPS) is 15.6. The molecule has 1 aliphatic rings. The molecule has 0 bridgehead atoms. The summed E-state index contributed by atoms with van der Waals surface area (Å²) in [4.78, 5) is 10.7. The van der Waals surface area contributed by atoms with Gasteiger partial charge in [0.1, 0.15) is 0 Å². The number of rotatable bonds is 4. The van der Waals surface area contributed by atoms with Crippen molar-refractivity contribution < 1.29 is 13.2 Å². The van der Waals surface area contributed by atoms with Gasteiger partial charge in [0.25, 0.3) is 0 Å². The molecule has 1 aliphatic heterocycles. The van der Waals surface area contributed by atoms with E-state index in [4.69, 9.17) is 0 Å². The summed E-state index contributed by atoms with van der Waals surface area (Å²) >= 11 is 0. The summed E-state index contributed by atoms with van der Waals surface area (Å²) in [5, 5.41) is 7.39. The Hall–Kier alpha value is -2.94. The Balaban J connectivity index is 1.53. The van der Waals surface area contributed by atoms with Crippen LogP contribution in [0.3, 0.4) is 0 Å². The Morgan fingerprint density at radius 3 is 2.74 bits per heavy atom. The zero-order chi connectivity index (χ0) is 19.0. The van der Waals surface area contributed by atoms with Crippen molar-refractivity contribution in [2.24, 2.45) is 0 Å². The first kappa shape index (κ1) is 17.5. The van der Waals surface area contributed by atoms with Crippen molar-refractivity contribution in [2.45, 2.75) is 12.2 Å². The van der Waals surface area contributed by atoms with Crippen LogP contribution in [0.15, 0.2) is 48.9 Å². The summed E-state index contributed by atoms with van der Waals surface area (Å²) in [7, 11) is 2.05. The van der Waals surface area contributed by atoms with Crippen LogP contribution in [0.1, 0.15) is 11.6 Å². The summed E-state index contributed by atoms with van der Waals surface area (Å²) in [6, 6.07) is 7.00. The van der Waals surface area contributed by atoms with E-state index in [1.54, 1.807) is 18.3 Å². The quantitative estimate of drug-likeness (QED) is 0.756. The third kappa shape index (κ3) is 3.77. The lowest BCUT2D eigenvalue weighted by Gasteiger charge is -2.36. The van der Waals surface area contributed by atoms with Crippen molar-refractivity contribution in [3.8, 4) is 11.3 Å². The van der Waals surface area contributed by atoms with E-state index in [9.17, 15) is 13.2 Å². The SMILES string of the molecule is CN1CC(n2cc(Nc3nccc(-c4cccc(C(F)(F)F)c4)n3)cn2)C1. The number of aromatic nitrogens is 4. The second-order valence-corrected chi connectivity index (χ2v) is 6.55. The first-order valence-electron chi connectivity index (χ1n) is 8.39. The van der Waals surface area contributed by atoms with Gasteiger partial charge in [-0.2, -0.15) is 18.3 Å². The lowest BCUT2D eigenvalue weighted by Crippen LogP contribution is -2.45. The van der Waals surface area contributed by atoms with Crippen LogP contribution in [0.2, 0.25) is 0 Å². The van der Waals surface area contributed by atoms with Gasteiger partial charge in [-0.1, -0.05) is 12.1 Å². The number of halogens is 3. The largest absolute Gasteiger partial charge is 0.416 e. The maximum atomic E-state index is 12.9. The van der Waals surface area contributed by atoms with Crippen LogP contribution >= 0.6 is 0 Å². The predicted molar refractivity (Wildman–Crippen MR) is 94.5 cm³/mol. The van der Waals surface area contributed by atoms with E-state index in [0.29, 0.717) is 23.2 Å². The summed E-state index contributed by atoms with van der Waals surface area (Å²) < 4.78 is 40.6. The number of likely N-dealkylation sites (N-methyl/N-ethyl adjacent to an activating group) is 1. The minimum Gasteiger partial charge on any atom is -0.321 e. The lowest BCUT2D eigenvalue weighted by atomic mass is 10.1. The number of anilines is 2. The molecule has 1 aromatic carbocycles. The summed E-state index contributed by atoms with van der Waals surface area (Å²) in [5.74, 6) is 0.301. The molecule has 140 valence electrons. The Bertz CT molecular complexity index is 946. The summed E-state index contributed by atoms with van der Waals surface area (Å²) in [6.07, 6.45) is 0.668. The van der Waals surface area contributed by atoms with Gasteiger partial charge in [-0.25, -0.2) is 9.97 Å². The third-order valence-electron chi connectivity index (χ3n) is 4.42. The Morgan fingerprint density at radius 1 is 1.19 bits per heavy atom. The highest BCUT2D eigenvalue weighted by Crippen LogP contribution is 2.32. The number of nitrogens with one attached hydrogen (secondary N) is 1. The molecule has 1 saturated heterocycles. The van der Waals surface area contributed by atoms with Gasteiger partial charge in [0, 0.05) is 31.0 Å². The van der Waals surface area contributed by atoms with E-state index < -0.39 is 11.7 Å². The molecule has 0 atom stereocenters. The van der Waals surface area contributed by atoms with Crippen molar-refractivity contribution in [3.05, 3.63) is 54.5 Å². The van der Waals surface area contributed by atoms with Crippen LogP contribution in [0, 0.1) is 0 Å². The van der Waals surface area contributed by atoms with Crippen LogP contribution in [-0.4, -0.2) is 44.8 Å². The van der Waals surface area contributed by atoms with E-state index in [1.807, 2.05) is 17.9 Å². The van der Waals surface area contributed by atoms with Gasteiger partial charge in [-0.05, 0) is 25.2 Å². The smallest absolute Gasteiger partial charge is 0.321 e. The molecule has 4 rings (SSSR count). The molecule has 0 unspecified atom stereocenters. The number of nitrogens with zero attached hydrogens (tertiary/aromatic N) is 5. The molecule has 0 radical (unpaired) electrons. The van der Waals surface area contributed by atoms with Crippen LogP contribution in [0.5, 0.6) is 0 Å². The molecule has 3 heterocycles. The molecular formula is C18H17F3N6. The fourth-order valence-electron chi connectivity index (χ4n) is 3.00. The topological polar surface area (TPSA) is 58.9 Å². The van der Waals surface area contributed by atoms with E-state index in [-0.39, 0.29) is 0 Å². The zero-order valence-corrected chi connectivity index (χ0v) is 14.5. The van der Waals surface area contributed by atoms with E-state index in [0.717, 1.165) is 30.9 Å². The van der Waals surface area contributed by atoms with Crippen molar-refractivity contribution in [1.29, 1.82) is 0 Å². The molecule has 0 saturated carbocycles. The number of benzene rings is 1. The summed E-state index contributed by atoms with van der Waals surface area (Å²) in [5.41, 5.74) is 0.806. The van der Waals surface area contributed by atoms with E-state index in [2.05, 4.69) is 25.3 Å². The fourth-order valence-corrected chi connectivity index (χ4v) is 3.00. The minimum atomic E-state index is -4.39. The fraction of sp³-hybridized carbons (Fsp3) is 0.278. The van der Waals surface area contributed by atoms with Crippen LogP contribution < -0.4 is 5.32 Å². The van der Waals surface area contributed by atoms with Gasteiger partial charge < -0.3 is 10.2 Å². The zero-order valence-electron chi connectivity index (χ0n) is 14.5. The Kier molecular flexibility index (Phi) is 4.31. The third-order valence-corrected chi connectivity index (χ3v) is 4.42. The van der Waals surface area contributed by atoms with Gasteiger partial charge in [0.2, 0.25) is 5.95 Å². The molecule has 3 aromatic rings. The molecule has 0 spiro atoms. The molecule has 1 fully saturated rings. The molecule has 1 N–H and O–H groups in total. The Labute approximate surface area is 153 Å². The van der Waals surface area contributed by atoms with Crippen molar-refractivity contribution in [2.75, 3.05) is 25.5 Å². The number of hydrogen-bond acceptors (Lipinski definition) is 5. The van der Waals surface area contributed by atoms with Gasteiger partial charge in [0.05, 0.1) is 29.2 Å². The second kappa shape index (κ2) is 6.66. The molecule has 6 nitrogen and oxygen atoms in total. The highest BCUT2D eigenvalue weighted by molar-refractivity contribution is 5.62. The maximum absolute atomic E-state index is 12.9. The van der Waals surface area contributed by atoms with Crippen LogP contribution in [-0.2, 0) is 6.18 Å². The lowest BCUT2D eigenvalue weighted by molar-refractivity contribution is -0.137. The van der Waals surface area contributed by atoms with Gasteiger partial charge in [-0.3, -0.25) is 4.68 Å². The average molecular weight is 374 g/mol. The van der Waals surface area contributed by atoms with Crippen molar-refractivity contribution in [3.63, 3.8) is 0 Å². The number of likely N-dealkylation sites (tertiary alicyclic amines) is 1. The molecule has 9 heteroatoms. The molecule has 0 amide bonds. The Morgan fingerprint density at radius 2 is 2.00 bits per heavy atom. The highest BCUT2D eigenvalue weighted by atomic mass is 19.4. The predicted octanol–water partition coefficient (Wildman–Crippen LogP) is 3.59. The maximum Gasteiger partial charge on any atom is 0.416 e. The van der Waals surface area contributed by atoms with Crippen molar-refractivity contribution in [1.82, 2.24) is 24.6 Å². The van der Waals surface area contributed by atoms with E-state index >= 15 is 0 Å². The molecule has 2 aromatic heterocycles. The minimum absolute atomic E-state index is 0.301. The first-order valence-corrected chi connectivity index (χ1v) is 8.39. The van der Waals surface area contributed by atoms with Gasteiger partial charge >= 0.3 is 6.18 Å². The monoisotopic (exact) mass is 374 g/mol. The number of alkyl halides is 3. The van der Waals surface area contributed by atoms with Crippen molar-refractivity contribution >= 4 is 11.6 Å². The van der Waals surface area contributed by atoms with E-state index in [1.165, 1.54) is 12.3 Å². The molecule has 27 heavy (non-hydrogen) atoms. The average Bonchev–Trinajstić information content (AvgIpc) is 3.06. The number of hydrogen-bond donors (Lipinski definition) is 1. The molecule has 0 aliphatic carbocycles. The van der Waals surface area contributed by atoms with Gasteiger partial charge in [-0.15, -0.1) is 0 Å². The second-order valence-electron chi connectivity index (χ2n) is 6.55. The van der Waals surface area contributed by atoms with Crippen LogP contribution in [0.25, 0.3) is 11.3 Å². The standard InChI is InChI=1S/C18H17F3N6/c1-26-10-15(11-26)27-9-14(8-23-27)24-17-22-6-5-16(25-17)12-3-2-4-13(7-12)18(19,20)21/h2-9,15H,10-11H2,1H3,(H,22,24,25). The molecular weight excluding hydrogens is 357 g/mol. The first-order chi connectivity index (χ1) is 12.9.